The van der Waals surface area contributed by atoms with Crippen LogP contribution in [0.15, 0.2) is 43.0 Å². The summed E-state index contributed by atoms with van der Waals surface area (Å²) in [6, 6.07) is 4.43. The number of anilines is 2. The molecule has 7 nitrogen and oxygen atoms in total. The molecule has 2 aromatic heterocycles. The van der Waals surface area contributed by atoms with Gasteiger partial charge in [0.1, 0.15) is 5.82 Å². The molecule has 0 aliphatic carbocycles. The van der Waals surface area contributed by atoms with E-state index in [2.05, 4.69) is 20.4 Å². The molecule has 0 aliphatic rings. The second-order valence-corrected chi connectivity index (χ2v) is 5.33. The van der Waals surface area contributed by atoms with Gasteiger partial charge in [-0.15, -0.1) is 0 Å². The molecule has 9 heteroatoms. The topological polar surface area (TPSA) is 98.7 Å². The number of rotatable bonds is 4. The summed E-state index contributed by atoms with van der Waals surface area (Å²) in [6.07, 6.45) is 5.89. The average Bonchev–Trinajstić information content (AvgIpc) is 2.98. The minimum absolute atomic E-state index is 0.0376. The van der Waals surface area contributed by atoms with Crippen molar-refractivity contribution in [2.24, 2.45) is 0 Å². The van der Waals surface area contributed by atoms with E-state index in [0.717, 1.165) is 5.56 Å². The Kier molecular flexibility index (Phi) is 4.39. The number of halogens is 2. The number of carbonyl (C=O) groups excluding carboxylic acids is 1. The quantitative estimate of drug-likeness (QED) is 0.755. The van der Waals surface area contributed by atoms with Crippen molar-refractivity contribution in [3.8, 4) is 0 Å². The number of hydrogen-bond acceptors (Lipinski definition) is 5. The first-order chi connectivity index (χ1) is 11.5. The fraction of sp³-hybridized carbons (Fsp3) is 0.0667. The summed E-state index contributed by atoms with van der Waals surface area (Å²) in [5.41, 5.74) is 6.90. The summed E-state index contributed by atoms with van der Waals surface area (Å²) in [7, 11) is 0. The number of amides is 1. The van der Waals surface area contributed by atoms with Crippen LogP contribution < -0.4 is 11.1 Å². The smallest absolute Gasteiger partial charge is 0.278 e. The number of nitrogens with one attached hydrogen (secondary N) is 1. The van der Waals surface area contributed by atoms with Gasteiger partial charge in [-0.2, -0.15) is 5.10 Å². The van der Waals surface area contributed by atoms with Crippen molar-refractivity contribution < 1.29 is 9.18 Å². The largest absolute Gasteiger partial charge is 0.382 e. The van der Waals surface area contributed by atoms with Crippen molar-refractivity contribution in [3.63, 3.8) is 0 Å². The maximum atomic E-state index is 13.2. The van der Waals surface area contributed by atoms with Crippen molar-refractivity contribution in [3.05, 3.63) is 65.1 Å². The van der Waals surface area contributed by atoms with Crippen molar-refractivity contribution in [1.29, 1.82) is 0 Å². The predicted octanol–water partition coefficient (Wildman–Crippen LogP) is 2.35. The number of benzene rings is 1. The lowest BCUT2D eigenvalue weighted by Gasteiger charge is -2.04. The first-order valence-corrected chi connectivity index (χ1v) is 7.25. The molecule has 3 N–H and O–H groups in total. The molecule has 1 aromatic carbocycles. The van der Waals surface area contributed by atoms with Crippen LogP contribution in [0.4, 0.5) is 15.9 Å². The number of nitrogens with two attached hydrogens (primary N) is 1. The zero-order valence-electron chi connectivity index (χ0n) is 12.3. The van der Waals surface area contributed by atoms with Crippen molar-refractivity contribution in [2.75, 3.05) is 11.1 Å². The molecular formula is C15H12ClFN6O. The van der Waals surface area contributed by atoms with E-state index in [1.807, 2.05) is 0 Å². The van der Waals surface area contributed by atoms with Crippen LogP contribution in [0.5, 0.6) is 0 Å². The third-order valence-corrected chi connectivity index (χ3v) is 3.45. The summed E-state index contributed by atoms with van der Waals surface area (Å²) < 4.78 is 14.7. The van der Waals surface area contributed by atoms with E-state index in [0.29, 0.717) is 12.2 Å². The molecule has 122 valence electrons. The fourth-order valence-electron chi connectivity index (χ4n) is 2.05. The maximum absolute atomic E-state index is 13.2. The van der Waals surface area contributed by atoms with Gasteiger partial charge in [-0.05, 0) is 17.7 Å². The van der Waals surface area contributed by atoms with E-state index in [1.54, 1.807) is 16.9 Å². The van der Waals surface area contributed by atoms with Gasteiger partial charge in [-0.25, -0.2) is 14.4 Å². The lowest BCUT2D eigenvalue weighted by Crippen LogP contribution is -2.16. The molecule has 0 fully saturated rings. The molecule has 3 rings (SSSR count). The molecule has 24 heavy (non-hydrogen) atoms. The molecule has 0 aliphatic heterocycles. The van der Waals surface area contributed by atoms with Crippen LogP contribution >= 0.6 is 11.6 Å². The third-order valence-electron chi connectivity index (χ3n) is 3.16. The molecule has 0 spiro atoms. The predicted molar refractivity (Wildman–Crippen MR) is 87.1 cm³/mol. The van der Waals surface area contributed by atoms with Gasteiger partial charge < -0.3 is 11.1 Å². The number of hydrogen-bond donors (Lipinski definition) is 2. The van der Waals surface area contributed by atoms with Crippen LogP contribution in [0.25, 0.3) is 0 Å². The molecule has 0 atom stereocenters. The fourth-order valence-corrected chi connectivity index (χ4v) is 2.26. The van der Waals surface area contributed by atoms with E-state index in [1.165, 1.54) is 30.7 Å². The Morgan fingerprint density at radius 2 is 2.12 bits per heavy atom. The Labute approximate surface area is 141 Å². The van der Waals surface area contributed by atoms with Crippen LogP contribution in [0.2, 0.25) is 5.02 Å². The number of nitrogen functional groups attached to an aromatic ring is 1. The van der Waals surface area contributed by atoms with Gasteiger partial charge in [0, 0.05) is 18.6 Å². The first-order valence-electron chi connectivity index (χ1n) is 6.87. The molecule has 0 radical (unpaired) electrons. The third kappa shape index (κ3) is 3.49. The highest BCUT2D eigenvalue weighted by molar-refractivity contribution is 6.30. The van der Waals surface area contributed by atoms with Gasteiger partial charge in [0.05, 0.1) is 23.5 Å². The van der Waals surface area contributed by atoms with Crippen LogP contribution in [0, 0.1) is 5.82 Å². The number of aromatic nitrogens is 4. The van der Waals surface area contributed by atoms with Crippen molar-refractivity contribution in [1.82, 2.24) is 19.7 Å². The Balaban J connectivity index is 1.70. The summed E-state index contributed by atoms with van der Waals surface area (Å²) in [5, 5.41) is 6.81. The van der Waals surface area contributed by atoms with Gasteiger partial charge >= 0.3 is 0 Å². The van der Waals surface area contributed by atoms with E-state index in [9.17, 15) is 9.18 Å². The van der Waals surface area contributed by atoms with Crippen molar-refractivity contribution >= 4 is 29.0 Å². The molecular weight excluding hydrogens is 335 g/mol. The van der Waals surface area contributed by atoms with E-state index in [4.69, 9.17) is 17.3 Å². The number of carbonyl (C=O) groups is 1. The highest BCUT2D eigenvalue weighted by Crippen LogP contribution is 2.17. The number of nitrogens with zero attached hydrogens (tertiary/aromatic N) is 4. The molecule has 3 aromatic rings. The zero-order chi connectivity index (χ0) is 17.1. The van der Waals surface area contributed by atoms with Gasteiger partial charge in [-0.3, -0.25) is 9.48 Å². The molecule has 0 saturated carbocycles. The summed E-state index contributed by atoms with van der Waals surface area (Å²) >= 11 is 5.75. The van der Waals surface area contributed by atoms with Crippen molar-refractivity contribution in [2.45, 2.75) is 6.54 Å². The first kappa shape index (κ1) is 15.9. The standard InChI is InChI=1S/C15H12ClFN6O/c16-11-5-9(1-2-12(11)17)7-23-8-10(6-21-23)22-15(24)13-14(18)20-4-3-19-13/h1-6,8H,7H2,(H2,18,20)(H,22,24). The Morgan fingerprint density at radius 1 is 1.33 bits per heavy atom. The highest BCUT2D eigenvalue weighted by atomic mass is 35.5. The van der Waals surface area contributed by atoms with Crippen LogP contribution in [-0.4, -0.2) is 25.7 Å². The minimum Gasteiger partial charge on any atom is -0.382 e. The molecule has 2 heterocycles. The van der Waals surface area contributed by atoms with Crippen LogP contribution in [0.3, 0.4) is 0 Å². The van der Waals surface area contributed by atoms with Gasteiger partial charge in [0.2, 0.25) is 0 Å². The summed E-state index contributed by atoms with van der Waals surface area (Å²) in [6.45, 7) is 0.378. The van der Waals surface area contributed by atoms with E-state index >= 15 is 0 Å². The summed E-state index contributed by atoms with van der Waals surface area (Å²) in [4.78, 5) is 19.8. The minimum atomic E-state index is -0.482. The Morgan fingerprint density at radius 3 is 2.88 bits per heavy atom. The second-order valence-electron chi connectivity index (χ2n) is 4.92. The SMILES string of the molecule is Nc1nccnc1C(=O)Nc1cnn(Cc2ccc(F)c(Cl)c2)c1. The van der Waals surface area contributed by atoms with Gasteiger partial charge in [0.15, 0.2) is 11.5 Å². The molecule has 0 unspecified atom stereocenters. The molecule has 0 bridgehead atoms. The van der Waals surface area contributed by atoms with E-state index in [-0.39, 0.29) is 16.5 Å². The zero-order valence-corrected chi connectivity index (χ0v) is 13.0. The van der Waals surface area contributed by atoms with E-state index < -0.39 is 11.7 Å². The van der Waals surface area contributed by atoms with Gasteiger partial charge in [-0.1, -0.05) is 17.7 Å². The normalized spacial score (nSPS) is 10.6. The Hall–Kier alpha value is -3.00. The lowest BCUT2D eigenvalue weighted by atomic mass is 10.2. The highest BCUT2D eigenvalue weighted by Gasteiger charge is 2.13. The maximum Gasteiger partial charge on any atom is 0.278 e. The molecule has 0 saturated heterocycles. The monoisotopic (exact) mass is 346 g/mol. The Bertz CT molecular complexity index is 897. The summed E-state index contributed by atoms with van der Waals surface area (Å²) in [5.74, 6) is -0.913. The second kappa shape index (κ2) is 6.63. The van der Waals surface area contributed by atoms with Crippen LogP contribution in [0.1, 0.15) is 16.1 Å². The van der Waals surface area contributed by atoms with Gasteiger partial charge in [0.25, 0.3) is 5.91 Å². The average molecular weight is 347 g/mol. The lowest BCUT2D eigenvalue weighted by molar-refractivity contribution is 0.102. The molecule has 1 amide bonds. The van der Waals surface area contributed by atoms with Crippen LogP contribution in [-0.2, 0) is 6.54 Å².